The van der Waals surface area contributed by atoms with Crippen LogP contribution in [0, 0.1) is 20.8 Å². The Balaban J connectivity index is 2.20. The normalized spacial score (nSPS) is 11.7. The minimum Gasteiger partial charge on any atom is -0.743 e. The average molecular weight is 822 g/mol. The molecule has 2 aromatic rings. The predicted molar refractivity (Wildman–Crippen MR) is 132 cm³/mol. The fourth-order valence-electron chi connectivity index (χ4n) is 2.24. The molecule has 0 aromatic heterocycles. The number of hydrogen-bond donors (Lipinski definition) is 0. The van der Waals surface area contributed by atoms with Crippen LogP contribution in [0.4, 0.5) is 14.5 Å². The molecule has 0 bridgehead atoms. The third-order valence-corrected chi connectivity index (χ3v) is 8.30. The molecule has 33 heavy (non-hydrogen) atoms. The highest BCUT2D eigenvalue weighted by Gasteiger charge is 2.39. The molecule has 0 unspecified atom stereocenters. The fourth-order valence-corrected chi connectivity index (χ4v) is 4.82. The van der Waals surface area contributed by atoms with Crippen molar-refractivity contribution in [3.8, 4) is 5.75 Å². The number of esters is 2. The number of nitrogens with zero attached hydrogens (tertiary/aromatic N) is 1. The lowest BCUT2D eigenvalue weighted by Gasteiger charge is -2.19. The van der Waals surface area contributed by atoms with Gasteiger partial charge in [-0.1, -0.05) is 0 Å². The van der Waals surface area contributed by atoms with Gasteiger partial charge in [0.05, 0.1) is 23.0 Å². The standard InChI is InChI=1S/C17H10F2I3NO9S/c18-17(19,33(28,29)30)7-31-14(24)3-8-1-2-10(6-13(8)23(26)27)32-16(25)11-4-9(20)5-12(21)15(11)22/h1-2,4-6H,3,7H2,(H,28,29,30)/p-1. The molecule has 0 saturated heterocycles. The third kappa shape index (κ3) is 7.36. The van der Waals surface area contributed by atoms with Crippen molar-refractivity contribution < 1.29 is 45.7 Å². The molecule has 0 spiro atoms. The van der Waals surface area contributed by atoms with E-state index in [2.05, 4.69) is 4.74 Å². The lowest BCUT2D eigenvalue weighted by molar-refractivity contribution is -0.385. The number of carbonyl (C=O) groups excluding carboxylic acids is 2. The second-order valence-electron chi connectivity index (χ2n) is 6.12. The van der Waals surface area contributed by atoms with Gasteiger partial charge >= 0.3 is 17.2 Å². The second kappa shape index (κ2) is 11.0. The Kier molecular flexibility index (Phi) is 9.32. The van der Waals surface area contributed by atoms with Crippen molar-refractivity contribution in [3.05, 3.63) is 62.3 Å². The van der Waals surface area contributed by atoms with Crippen molar-refractivity contribution in [1.82, 2.24) is 0 Å². The van der Waals surface area contributed by atoms with Crippen LogP contribution in [0.3, 0.4) is 0 Å². The molecule has 0 N–H and O–H groups in total. The molecule has 16 heteroatoms. The van der Waals surface area contributed by atoms with Crippen LogP contribution in [0.5, 0.6) is 5.75 Å². The van der Waals surface area contributed by atoms with E-state index >= 15 is 0 Å². The second-order valence-corrected chi connectivity index (χ2v) is 11.1. The topological polar surface area (TPSA) is 153 Å². The Morgan fingerprint density at radius 1 is 1.12 bits per heavy atom. The van der Waals surface area contributed by atoms with Gasteiger partial charge in [-0.3, -0.25) is 14.9 Å². The number of nitro groups is 1. The molecular formula is C17H9F2I3NO9S-. The van der Waals surface area contributed by atoms with Gasteiger partial charge < -0.3 is 14.0 Å². The first-order chi connectivity index (χ1) is 15.1. The zero-order valence-corrected chi connectivity index (χ0v) is 23.0. The van der Waals surface area contributed by atoms with E-state index in [-0.39, 0.29) is 16.9 Å². The molecule has 0 aliphatic rings. The highest BCUT2D eigenvalue weighted by atomic mass is 127. The Labute approximate surface area is 225 Å². The van der Waals surface area contributed by atoms with E-state index in [1.54, 1.807) is 6.07 Å². The number of ether oxygens (including phenoxy) is 2. The van der Waals surface area contributed by atoms with E-state index in [9.17, 15) is 41.5 Å². The smallest absolute Gasteiger partial charge is 0.367 e. The number of benzene rings is 2. The maximum Gasteiger partial charge on any atom is 0.367 e. The summed E-state index contributed by atoms with van der Waals surface area (Å²) >= 11 is 6.00. The first-order valence-corrected chi connectivity index (χ1v) is 12.9. The monoisotopic (exact) mass is 822 g/mol. The van der Waals surface area contributed by atoms with Crippen LogP contribution < -0.4 is 4.74 Å². The molecule has 178 valence electrons. The Hall–Kier alpha value is -1.26. The van der Waals surface area contributed by atoms with Crippen LogP contribution in [0.2, 0.25) is 0 Å². The minimum absolute atomic E-state index is 0.211. The highest BCUT2D eigenvalue weighted by molar-refractivity contribution is 14.1. The van der Waals surface area contributed by atoms with E-state index < -0.39 is 50.9 Å². The van der Waals surface area contributed by atoms with E-state index in [4.69, 9.17) is 4.74 Å². The lowest BCUT2D eigenvalue weighted by Crippen LogP contribution is -2.35. The predicted octanol–water partition coefficient (Wildman–Crippen LogP) is 3.85. The molecule has 2 aromatic carbocycles. The van der Waals surface area contributed by atoms with Crippen LogP contribution in [0.15, 0.2) is 30.3 Å². The molecule has 0 radical (unpaired) electrons. The van der Waals surface area contributed by atoms with Crippen molar-refractivity contribution in [2.75, 3.05) is 6.61 Å². The quantitative estimate of drug-likeness (QED) is 0.0736. The van der Waals surface area contributed by atoms with Gasteiger partial charge in [0.15, 0.2) is 16.7 Å². The van der Waals surface area contributed by atoms with Crippen molar-refractivity contribution in [1.29, 1.82) is 0 Å². The summed E-state index contributed by atoms with van der Waals surface area (Å²) in [7, 11) is -6.06. The molecule has 0 aliphatic carbocycles. The third-order valence-electron chi connectivity index (χ3n) is 3.78. The molecule has 0 aliphatic heterocycles. The molecule has 2 rings (SSSR count). The highest BCUT2D eigenvalue weighted by Crippen LogP contribution is 2.28. The van der Waals surface area contributed by atoms with Crippen molar-refractivity contribution in [2.45, 2.75) is 11.7 Å². The summed E-state index contributed by atoms with van der Waals surface area (Å²) in [6.07, 6.45) is -0.882. The fraction of sp³-hybridized carbons (Fsp3) is 0.176. The van der Waals surface area contributed by atoms with Crippen molar-refractivity contribution in [2.24, 2.45) is 0 Å². The van der Waals surface area contributed by atoms with Gasteiger partial charge in [-0.2, -0.15) is 8.78 Å². The van der Waals surface area contributed by atoms with Gasteiger partial charge in [0.25, 0.3) is 5.69 Å². The molecule has 0 saturated carbocycles. The lowest BCUT2D eigenvalue weighted by atomic mass is 10.1. The minimum atomic E-state index is -6.06. The maximum atomic E-state index is 13.1. The van der Waals surface area contributed by atoms with E-state index in [1.165, 1.54) is 0 Å². The van der Waals surface area contributed by atoms with Gasteiger partial charge in [-0.05, 0) is 92.0 Å². The largest absolute Gasteiger partial charge is 0.743 e. The zero-order chi connectivity index (χ0) is 25.1. The Morgan fingerprint density at radius 3 is 2.33 bits per heavy atom. The van der Waals surface area contributed by atoms with Crippen LogP contribution in [-0.4, -0.2) is 41.7 Å². The summed E-state index contributed by atoms with van der Waals surface area (Å²) in [5.41, 5.74) is -0.722. The molecule has 10 nitrogen and oxygen atoms in total. The van der Waals surface area contributed by atoms with Crippen molar-refractivity contribution >= 4 is 95.5 Å². The number of hydrogen-bond acceptors (Lipinski definition) is 9. The summed E-state index contributed by atoms with van der Waals surface area (Å²) in [5, 5.41) is 6.52. The Bertz CT molecular complexity index is 1240. The molecule has 0 heterocycles. The van der Waals surface area contributed by atoms with Gasteiger partial charge in [0.2, 0.25) is 0 Å². The number of carbonyl (C=O) groups is 2. The van der Waals surface area contributed by atoms with Crippen LogP contribution in [0.1, 0.15) is 15.9 Å². The van der Waals surface area contributed by atoms with Gasteiger partial charge in [-0.15, -0.1) is 0 Å². The summed E-state index contributed by atoms with van der Waals surface area (Å²) in [6, 6.07) is 6.47. The Morgan fingerprint density at radius 2 is 1.76 bits per heavy atom. The first-order valence-electron chi connectivity index (χ1n) is 8.25. The first kappa shape index (κ1) is 28.0. The number of alkyl halides is 2. The molecule has 0 amide bonds. The van der Waals surface area contributed by atoms with E-state index in [0.717, 1.165) is 25.3 Å². The van der Waals surface area contributed by atoms with Gasteiger partial charge in [0.1, 0.15) is 5.75 Å². The molecular weight excluding hydrogens is 813 g/mol. The number of halogens is 5. The van der Waals surface area contributed by atoms with Crippen LogP contribution in [-0.2, 0) is 26.1 Å². The molecule has 0 atom stereocenters. The van der Waals surface area contributed by atoms with E-state index in [1.807, 2.05) is 73.8 Å². The van der Waals surface area contributed by atoms with Gasteiger partial charge in [-0.25, -0.2) is 13.2 Å². The van der Waals surface area contributed by atoms with Crippen LogP contribution >= 0.6 is 67.8 Å². The number of nitro benzene ring substituents is 1. The maximum absolute atomic E-state index is 13.1. The summed E-state index contributed by atoms with van der Waals surface area (Å²) in [4.78, 5) is 34.7. The number of rotatable bonds is 8. The van der Waals surface area contributed by atoms with Crippen LogP contribution in [0.25, 0.3) is 0 Å². The molecule has 0 fully saturated rings. The van der Waals surface area contributed by atoms with Crippen molar-refractivity contribution in [3.63, 3.8) is 0 Å². The SMILES string of the molecule is O=C(Cc1ccc(OC(=O)c2cc(I)cc(I)c2I)cc1[N+](=O)[O-])OCC(F)(F)S(=O)(=O)[O-]. The van der Waals surface area contributed by atoms with E-state index in [0.29, 0.717) is 3.57 Å². The van der Waals surface area contributed by atoms with Gasteiger partial charge in [0, 0.05) is 16.3 Å². The zero-order valence-electron chi connectivity index (χ0n) is 15.7. The summed E-state index contributed by atoms with van der Waals surface area (Å²) in [6.45, 7) is -2.03. The average Bonchev–Trinajstić information content (AvgIpc) is 2.69. The summed E-state index contributed by atoms with van der Waals surface area (Å²) < 4.78 is 68.9. The summed E-state index contributed by atoms with van der Waals surface area (Å²) in [5.74, 6) is -2.43.